The van der Waals surface area contributed by atoms with Gasteiger partial charge in [-0.1, -0.05) is 11.2 Å². The highest BCUT2D eigenvalue weighted by atomic mass is 16.5. The van der Waals surface area contributed by atoms with Gasteiger partial charge >= 0.3 is 5.97 Å². The van der Waals surface area contributed by atoms with Crippen LogP contribution in [0.5, 0.6) is 5.75 Å². The predicted molar refractivity (Wildman–Crippen MR) is 76.6 cm³/mol. The molecule has 1 heterocycles. The van der Waals surface area contributed by atoms with Gasteiger partial charge in [0.15, 0.2) is 0 Å². The van der Waals surface area contributed by atoms with Gasteiger partial charge in [0, 0.05) is 11.6 Å². The van der Waals surface area contributed by atoms with E-state index < -0.39 is 5.97 Å². The van der Waals surface area contributed by atoms with Crippen LogP contribution in [0.25, 0.3) is 11.3 Å². The summed E-state index contributed by atoms with van der Waals surface area (Å²) in [4.78, 5) is 10.9. The van der Waals surface area contributed by atoms with Gasteiger partial charge in [0.2, 0.25) is 5.76 Å². The second kappa shape index (κ2) is 5.24. The van der Waals surface area contributed by atoms with Crippen LogP contribution in [0.4, 0.5) is 0 Å². The maximum atomic E-state index is 10.9. The summed E-state index contributed by atoms with van der Waals surface area (Å²) in [5, 5.41) is 12.8. The third kappa shape index (κ3) is 2.91. The SMILES string of the molecule is Cc1cc(C)c(OCC2CC2)c(-c2cc(C(=O)O)on2)c1. The first-order chi connectivity index (χ1) is 10.0. The zero-order chi connectivity index (χ0) is 15.0. The number of hydrogen-bond donors (Lipinski definition) is 1. The van der Waals surface area contributed by atoms with Gasteiger partial charge < -0.3 is 14.4 Å². The molecule has 0 aliphatic heterocycles. The van der Waals surface area contributed by atoms with Gasteiger partial charge in [-0.25, -0.2) is 4.79 Å². The lowest BCUT2D eigenvalue weighted by Gasteiger charge is -2.13. The fourth-order valence-electron chi connectivity index (χ4n) is 2.32. The molecule has 1 aliphatic rings. The first-order valence-corrected chi connectivity index (χ1v) is 6.99. The smallest absolute Gasteiger partial charge is 0.374 e. The van der Waals surface area contributed by atoms with Crippen LogP contribution in [0.2, 0.25) is 0 Å². The summed E-state index contributed by atoms with van der Waals surface area (Å²) in [6.45, 7) is 4.66. The van der Waals surface area contributed by atoms with E-state index in [1.165, 1.54) is 18.9 Å². The Hall–Kier alpha value is -2.30. The van der Waals surface area contributed by atoms with Crippen molar-refractivity contribution < 1.29 is 19.2 Å². The molecule has 0 unspecified atom stereocenters. The van der Waals surface area contributed by atoms with E-state index in [1.54, 1.807) is 0 Å². The van der Waals surface area contributed by atoms with E-state index in [1.807, 2.05) is 26.0 Å². The van der Waals surface area contributed by atoms with Crippen molar-refractivity contribution in [1.29, 1.82) is 0 Å². The summed E-state index contributed by atoms with van der Waals surface area (Å²) in [6.07, 6.45) is 2.43. The number of carbonyl (C=O) groups is 1. The average Bonchev–Trinajstić information content (AvgIpc) is 3.11. The van der Waals surface area contributed by atoms with Gasteiger partial charge in [0.25, 0.3) is 0 Å². The van der Waals surface area contributed by atoms with Crippen molar-refractivity contribution in [2.75, 3.05) is 6.61 Å². The van der Waals surface area contributed by atoms with Crippen LogP contribution in [-0.4, -0.2) is 22.8 Å². The second-order valence-electron chi connectivity index (χ2n) is 5.59. The first kappa shape index (κ1) is 13.7. The monoisotopic (exact) mass is 287 g/mol. The minimum Gasteiger partial charge on any atom is -0.492 e. The number of aromatic carboxylic acids is 1. The van der Waals surface area contributed by atoms with Crippen LogP contribution < -0.4 is 4.74 Å². The molecule has 0 spiro atoms. The molecule has 0 amide bonds. The van der Waals surface area contributed by atoms with Crippen molar-refractivity contribution in [3.8, 4) is 17.0 Å². The summed E-state index contributed by atoms with van der Waals surface area (Å²) in [6, 6.07) is 5.42. The molecule has 5 heteroatoms. The highest BCUT2D eigenvalue weighted by molar-refractivity contribution is 5.86. The molecule has 1 aromatic carbocycles. The lowest BCUT2D eigenvalue weighted by atomic mass is 10.0. The minimum atomic E-state index is -1.13. The van der Waals surface area contributed by atoms with Crippen LogP contribution in [0.15, 0.2) is 22.7 Å². The number of nitrogens with zero attached hydrogens (tertiary/aromatic N) is 1. The highest BCUT2D eigenvalue weighted by Gasteiger charge is 2.24. The first-order valence-electron chi connectivity index (χ1n) is 6.99. The van der Waals surface area contributed by atoms with Crippen molar-refractivity contribution in [3.05, 3.63) is 35.1 Å². The lowest BCUT2D eigenvalue weighted by Crippen LogP contribution is -2.02. The van der Waals surface area contributed by atoms with Crippen LogP contribution in [0, 0.1) is 19.8 Å². The third-order valence-electron chi connectivity index (χ3n) is 3.58. The van der Waals surface area contributed by atoms with Crippen molar-refractivity contribution in [3.63, 3.8) is 0 Å². The maximum Gasteiger partial charge on any atom is 0.374 e. The summed E-state index contributed by atoms with van der Waals surface area (Å²) in [5.74, 6) is 0.110. The molecule has 1 saturated carbocycles. The summed E-state index contributed by atoms with van der Waals surface area (Å²) >= 11 is 0. The molecule has 0 saturated heterocycles. The largest absolute Gasteiger partial charge is 0.492 e. The van der Waals surface area contributed by atoms with Gasteiger partial charge in [-0.2, -0.15) is 0 Å². The van der Waals surface area contributed by atoms with Gasteiger partial charge in [-0.15, -0.1) is 0 Å². The van der Waals surface area contributed by atoms with Gasteiger partial charge in [0.05, 0.1) is 6.61 Å². The van der Waals surface area contributed by atoms with E-state index in [-0.39, 0.29) is 5.76 Å². The lowest BCUT2D eigenvalue weighted by molar-refractivity contribution is 0.0652. The Morgan fingerprint density at radius 1 is 1.38 bits per heavy atom. The fourth-order valence-corrected chi connectivity index (χ4v) is 2.32. The van der Waals surface area contributed by atoms with E-state index in [0.29, 0.717) is 18.2 Å². The molecular formula is C16H17NO4. The highest BCUT2D eigenvalue weighted by Crippen LogP contribution is 2.36. The van der Waals surface area contributed by atoms with E-state index in [0.717, 1.165) is 22.4 Å². The Morgan fingerprint density at radius 2 is 2.14 bits per heavy atom. The van der Waals surface area contributed by atoms with Crippen LogP contribution in [-0.2, 0) is 0 Å². The van der Waals surface area contributed by atoms with Crippen molar-refractivity contribution in [1.82, 2.24) is 5.16 Å². The zero-order valence-electron chi connectivity index (χ0n) is 12.0. The number of rotatable bonds is 5. The molecule has 0 bridgehead atoms. The predicted octanol–water partition coefficient (Wildman–Crippen LogP) is 3.45. The van der Waals surface area contributed by atoms with Crippen molar-refractivity contribution in [2.24, 2.45) is 5.92 Å². The van der Waals surface area contributed by atoms with Crippen LogP contribution >= 0.6 is 0 Å². The molecule has 0 radical (unpaired) electrons. The molecule has 1 fully saturated rings. The molecule has 2 aromatic rings. The van der Waals surface area contributed by atoms with Gasteiger partial charge in [0.1, 0.15) is 11.4 Å². The second-order valence-corrected chi connectivity index (χ2v) is 5.59. The molecule has 110 valence electrons. The number of aromatic nitrogens is 1. The van der Waals surface area contributed by atoms with Gasteiger partial charge in [-0.3, -0.25) is 0 Å². The molecule has 3 rings (SSSR count). The van der Waals surface area contributed by atoms with Crippen molar-refractivity contribution in [2.45, 2.75) is 26.7 Å². The topological polar surface area (TPSA) is 72.6 Å². The summed E-state index contributed by atoms with van der Waals surface area (Å²) < 4.78 is 10.8. The molecule has 1 aliphatic carbocycles. The van der Waals surface area contributed by atoms with Crippen molar-refractivity contribution >= 4 is 5.97 Å². The van der Waals surface area contributed by atoms with Gasteiger partial charge in [-0.05, 0) is 49.8 Å². The number of carboxylic acid groups (broad SMARTS) is 1. The third-order valence-corrected chi connectivity index (χ3v) is 3.58. The molecule has 1 N–H and O–H groups in total. The Bertz CT molecular complexity index is 686. The van der Waals surface area contributed by atoms with Crippen LogP contribution in [0.1, 0.15) is 34.5 Å². The molecule has 0 atom stereocenters. The summed E-state index contributed by atoms with van der Waals surface area (Å²) in [7, 11) is 0. The molecule has 21 heavy (non-hydrogen) atoms. The van der Waals surface area contributed by atoms with E-state index >= 15 is 0 Å². The molecule has 1 aromatic heterocycles. The Balaban J connectivity index is 1.99. The number of carboxylic acids is 1. The minimum absolute atomic E-state index is 0.169. The van der Waals surface area contributed by atoms with E-state index in [2.05, 4.69) is 5.16 Å². The Kier molecular flexibility index (Phi) is 3.41. The number of benzene rings is 1. The quantitative estimate of drug-likeness (QED) is 0.911. The maximum absolute atomic E-state index is 10.9. The average molecular weight is 287 g/mol. The Labute approximate surface area is 122 Å². The fraction of sp³-hybridized carbons (Fsp3) is 0.375. The molecular weight excluding hydrogens is 270 g/mol. The number of ether oxygens (including phenoxy) is 1. The summed E-state index contributed by atoms with van der Waals surface area (Å²) in [5.41, 5.74) is 3.36. The van der Waals surface area contributed by atoms with Crippen LogP contribution in [0.3, 0.4) is 0 Å². The number of aryl methyl sites for hydroxylation is 2. The Morgan fingerprint density at radius 3 is 2.76 bits per heavy atom. The standard InChI is InChI=1S/C16H17NO4/c1-9-5-10(2)15(20-8-11-3-4-11)12(6-9)13-7-14(16(18)19)21-17-13/h5-7,11H,3-4,8H2,1-2H3,(H,18,19). The zero-order valence-corrected chi connectivity index (χ0v) is 12.0. The number of hydrogen-bond acceptors (Lipinski definition) is 4. The molecule has 5 nitrogen and oxygen atoms in total. The van der Waals surface area contributed by atoms with E-state index in [9.17, 15) is 4.79 Å². The van der Waals surface area contributed by atoms with E-state index in [4.69, 9.17) is 14.4 Å². The normalized spacial score (nSPS) is 14.2.